The molecule has 0 N–H and O–H groups in total. The summed E-state index contributed by atoms with van der Waals surface area (Å²) in [6, 6.07) is 52.3. The molecule has 7 rings (SSSR count). The molecule has 0 unspecified atom stereocenters. The zero-order valence-corrected chi connectivity index (χ0v) is 21.8. The van der Waals surface area contributed by atoms with Crippen molar-refractivity contribution < 1.29 is 0 Å². The third kappa shape index (κ3) is 4.55. The number of nitrogens with zero attached hydrogens (tertiary/aromatic N) is 3. The molecule has 0 spiro atoms. The molecule has 0 aliphatic carbocycles. The molecule has 3 nitrogen and oxygen atoms in total. The monoisotopic (exact) mass is 511 g/mol. The Hall–Kier alpha value is -5.41. The van der Waals surface area contributed by atoms with Gasteiger partial charge in [-0.1, -0.05) is 152 Å². The van der Waals surface area contributed by atoms with Crippen molar-refractivity contribution in [3.8, 4) is 56.4 Å². The largest absolute Gasteiger partial charge is 0.208 e. The maximum Gasteiger partial charge on any atom is 0.164 e. The summed E-state index contributed by atoms with van der Waals surface area (Å²) in [5.41, 5.74) is 7.68. The molecule has 3 heteroatoms. The normalized spacial score (nSPS) is 11.0. The highest BCUT2D eigenvalue weighted by molar-refractivity contribution is 6.03. The van der Waals surface area contributed by atoms with Crippen LogP contribution in [0.4, 0.5) is 0 Å². The molecule has 188 valence electrons. The lowest BCUT2D eigenvalue weighted by atomic mass is 9.94. The lowest BCUT2D eigenvalue weighted by molar-refractivity contribution is 1.08. The van der Waals surface area contributed by atoms with Crippen LogP contribution >= 0.6 is 0 Å². The SMILES string of the molecule is c1ccc(-c2ccc(-c3cccc4c(-c5nc(-c6ccccc6)nc(-c6ccccc6)n5)cccc34)cc2)cc1. The molecule has 1 aromatic heterocycles. The average Bonchev–Trinajstić information content (AvgIpc) is 3.05. The summed E-state index contributed by atoms with van der Waals surface area (Å²) in [6.07, 6.45) is 0. The van der Waals surface area contributed by atoms with Crippen molar-refractivity contribution in [2.75, 3.05) is 0 Å². The van der Waals surface area contributed by atoms with E-state index in [2.05, 4.69) is 84.9 Å². The van der Waals surface area contributed by atoms with Gasteiger partial charge in [-0.05, 0) is 33.0 Å². The summed E-state index contributed by atoms with van der Waals surface area (Å²) in [5.74, 6) is 1.98. The number of hydrogen-bond donors (Lipinski definition) is 0. The molecule has 40 heavy (non-hydrogen) atoms. The lowest BCUT2D eigenvalue weighted by Crippen LogP contribution is -2.00. The highest BCUT2D eigenvalue weighted by Crippen LogP contribution is 2.35. The van der Waals surface area contributed by atoms with Crippen LogP contribution in [-0.4, -0.2) is 15.0 Å². The highest BCUT2D eigenvalue weighted by atomic mass is 15.0. The van der Waals surface area contributed by atoms with E-state index in [9.17, 15) is 0 Å². The van der Waals surface area contributed by atoms with Gasteiger partial charge in [0.05, 0.1) is 0 Å². The molecule has 0 saturated heterocycles. The molecule has 6 aromatic carbocycles. The second kappa shape index (κ2) is 10.4. The van der Waals surface area contributed by atoms with E-state index >= 15 is 0 Å². The molecular formula is C37H25N3. The van der Waals surface area contributed by atoms with Crippen LogP contribution in [0.25, 0.3) is 67.2 Å². The lowest BCUT2D eigenvalue weighted by Gasteiger charge is -2.13. The molecule has 0 aliphatic heterocycles. The number of rotatable bonds is 5. The van der Waals surface area contributed by atoms with E-state index in [-0.39, 0.29) is 0 Å². The zero-order chi connectivity index (χ0) is 26.7. The van der Waals surface area contributed by atoms with Gasteiger partial charge in [-0.2, -0.15) is 0 Å². The van der Waals surface area contributed by atoms with Crippen molar-refractivity contribution in [1.82, 2.24) is 15.0 Å². The van der Waals surface area contributed by atoms with E-state index in [0.717, 1.165) is 27.5 Å². The predicted molar refractivity (Wildman–Crippen MR) is 165 cm³/mol. The van der Waals surface area contributed by atoms with Gasteiger partial charge in [0.2, 0.25) is 0 Å². The molecule has 0 amide bonds. The first-order chi connectivity index (χ1) is 19.8. The van der Waals surface area contributed by atoms with Crippen LogP contribution in [0.15, 0.2) is 152 Å². The van der Waals surface area contributed by atoms with Gasteiger partial charge >= 0.3 is 0 Å². The Kier molecular flexibility index (Phi) is 6.15. The van der Waals surface area contributed by atoms with Crippen LogP contribution < -0.4 is 0 Å². The maximum absolute atomic E-state index is 4.97. The molecule has 0 atom stereocenters. The van der Waals surface area contributed by atoms with Gasteiger partial charge in [-0.15, -0.1) is 0 Å². The fourth-order valence-corrected chi connectivity index (χ4v) is 5.16. The van der Waals surface area contributed by atoms with E-state index in [4.69, 9.17) is 15.0 Å². The predicted octanol–water partition coefficient (Wildman–Crippen LogP) is 9.36. The summed E-state index contributed by atoms with van der Waals surface area (Å²) < 4.78 is 0. The third-order valence-corrected chi connectivity index (χ3v) is 7.17. The Labute approximate surface area is 233 Å². The van der Waals surface area contributed by atoms with E-state index in [1.165, 1.54) is 22.3 Å². The van der Waals surface area contributed by atoms with Crippen molar-refractivity contribution in [2.24, 2.45) is 0 Å². The minimum Gasteiger partial charge on any atom is -0.208 e. The topological polar surface area (TPSA) is 38.7 Å². The van der Waals surface area contributed by atoms with Crippen molar-refractivity contribution in [2.45, 2.75) is 0 Å². The van der Waals surface area contributed by atoms with Gasteiger partial charge in [0, 0.05) is 16.7 Å². The van der Waals surface area contributed by atoms with Crippen LogP contribution in [0.2, 0.25) is 0 Å². The first-order valence-corrected chi connectivity index (χ1v) is 13.4. The van der Waals surface area contributed by atoms with Crippen LogP contribution in [0.5, 0.6) is 0 Å². The third-order valence-electron chi connectivity index (χ3n) is 7.17. The number of fused-ring (bicyclic) bond motifs is 1. The Morgan fingerprint density at radius 2 is 0.650 bits per heavy atom. The first kappa shape index (κ1) is 23.7. The fraction of sp³-hybridized carbons (Fsp3) is 0. The molecular weight excluding hydrogens is 486 g/mol. The van der Waals surface area contributed by atoms with Crippen LogP contribution in [0, 0.1) is 0 Å². The molecule has 7 aromatic rings. The number of aromatic nitrogens is 3. The zero-order valence-electron chi connectivity index (χ0n) is 21.8. The second-order valence-corrected chi connectivity index (χ2v) is 9.69. The second-order valence-electron chi connectivity index (χ2n) is 9.69. The Morgan fingerprint density at radius 1 is 0.250 bits per heavy atom. The van der Waals surface area contributed by atoms with Gasteiger partial charge in [0.25, 0.3) is 0 Å². The molecule has 0 fully saturated rings. The maximum atomic E-state index is 4.97. The minimum absolute atomic E-state index is 0.661. The molecule has 0 radical (unpaired) electrons. The first-order valence-electron chi connectivity index (χ1n) is 13.4. The molecule has 0 aliphatic rings. The smallest absolute Gasteiger partial charge is 0.164 e. The standard InChI is InChI=1S/C37H25N3/c1-4-12-26(13-5-1)27-22-24-28(25-23-27)31-18-10-20-33-32(31)19-11-21-34(33)37-39-35(29-14-6-2-7-15-29)38-36(40-37)30-16-8-3-9-17-30/h1-25H. The van der Waals surface area contributed by atoms with Crippen LogP contribution in [-0.2, 0) is 0 Å². The summed E-state index contributed by atoms with van der Waals surface area (Å²) in [4.78, 5) is 14.8. The van der Waals surface area contributed by atoms with E-state index < -0.39 is 0 Å². The summed E-state index contributed by atoms with van der Waals surface area (Å²) in [7, 11) is 0. The number of benzene rings is 6. The molecule has 1 heterocycles. The van der Waals surface area contributed by atoms with Crippen LogP contribution in [0.3, 0.4) is 0 Å². The molecule has 0 bridgehead atoms. The van der Waals surface area contributed by atoms with Gasteiger partial charge in [-0.25, -0.2) is 15.0 Å². The number of hydrogen-bond acceptors (Lipinski definition) is 3. The van der Waals surface area contributed by atoms with Crippen molar-refractivity contribution in [1.29, 1.82) is 0 Å². The summed E-state index contributed by atoms with van der Waals surface area (Å²) >= 11 is 0. The summed E-state index contributed by atoms with van der Waals surface area (Å²) in [6.45, 7) is 0. The van der Waals surface area contributed by atoms with Gasteiger partial charge in [0.1, 0.15) is 0 Å². The van der Waals surface area contributed by atoms with E-state index in [1.54, 1.807) is 0 Å². The quantitative estimate of drug-likeness (QED) is 0.231. The van der Waals surface area contributed by atoms with E-state index in [1.807, 2.05) is 66.7 Å². The summed E-state index contributed by atoms with van der Waals surface area (Å²) in [5, 5.41) is 2.27. The van der Waals surface area contributed by atoms with Crippen molar-refractivity contribution in [3.05, 3.63) is 152 Å². The highest BCUT2D eigenvalue weighted by Gasteiger charge is 2.15. The van der Waals surface area contributed by atoms with Gasteiger partial charge < -0.3 is 0 Å². The minimum atomic E-state index is 0.661. The fourth-order valence-electron chi connectivity index (χ4n) is 5.16. The molecule has 0 saturated carbocycles. The Balaban J connectivity index is 1.37. The van der Waals surface area contributed by atoms with E-state index in [0.29, 0.717) is 17.5 Å². The van der Waals surface area contributed by atoms with Gasteiger partial charge in [-0.3, -0.25) is 0 Å². The van der Waals surface area contributed by atoms with Crippen molar-refractivity contribution >= 4 is 10.8 Å². The Bertz CT molecular complexity index is 1860. The van der Waals surface area contributed by atoms with Crippen molar-refractivity contribution in [3.63, 3.8) is 0 Å². The van der Waals surface area contributed by atoms with Gasteiger partial charge in [0.15, 0.2) is 17.5 Å². The average molecular weight is 512 g/mol. The Morgan fingerprint density at radius 3 is 1.20 bits per heavy atom. The van der Waals surface area contributed by atoms with Crippen LogP contribution in [0.1, 0.15) is 0 Å².